The summed E-state index contributed by atoms with van der Waals surface area (Å²) in [7, 11) is 0. The van der Waals surface area contributed by atoms with Crippen LogP contribution in [0.2, 0.25) is 0 Å². The minimum absolute atomic E-state index is 0.548. The fourth-order valence-electron chi connectivity index (χ4n) is 2.36. The zero-order chi connectivity index (χ0) is 18.0. The Morgan fingerprint density at radius 1 is 1.00 bits per heavy atom. The minimum atomic E-state index is -4.35. The molecule has 1 aromatic carbocycles. The first-order valence-electron chi connectivity index (χ1n) is 7.51. The maximum absolute atomic E-state index is 12.7. The second-order valence-electron chi connectivity index (χ2n) is 5.52. The van der Waals surface area contributed by atoms with Crippen LogP contribution in [0.5, 0.6) is 0 Å². The fourth-order valence-corrected chi connectivity index (χ4v) is 2.36. The maximum atomic E-state index is 12.7. The first-order chi connectivity index (χ1) is 11.8. The van der Waals surface area contributed by atoms with Crippen LogP contribution in [-0.2, 0) is 6.18 Å². The van der Waals surface area contributed by atoms with Crippen LogP contribution in [0.25, 0.3) is 5.69 Å². The molecule has 6 heteroatoms. The van der Waals surface area contributed by atoms with E-state index in [0.29, 0.717) is 17.2 Å². The number of imidazole rings is 1. The van der Waals surface area contributed by atoms with E-state index < -0.39 is 11.7 Å². The van der Waals surface area contributed by atoms with Gasteiger partial charge in [0.1, 0.15) is 11.5 Å². The molecular weight excluding hydrogens is 327 g/mol. The molecule has 0 spiro atoms. The normalized spacial score (nSPS) is 11.1. The molecule has 3 nitrogen and oxygen atoms in total. The van der Waals surface area contributed by atoms with E-state index >= 15 is 0 Å². The molecule has 126 valence electrons. The molecule has 0 saturated heterocycles. The molecule has 0 saturated carbocycles. The molecule has 0 aliphatic heterocycles. The lowest BCUT2D eigenvalue weighted by molar-refractivity contribution is -0.137. The fraction of sp³-hybridized carbons (Fsp3) is 0.158. The highest BCUT2D eigenvalue weighted by molar-refractivity contribution is 5.43. The van der Waals surface area contributed by atoms with Crippen molar-refractivity contribution in [1.29, 1.82) is 0 Å². The minimum Gasteiger partial charge on any atom is -0.303 e. The molecule has 0 aliphatic rings. The van der Waals surface area contributed by atoms with Gasteiger partial charge < -0.3 is 4.57 Å². The number of alkyl halides is 3. The molecule has 2 heterocycles. The number of rotatable bonds is 1. The van der Waals surface area contributed by atoms with Gasteiger partial charge in [0.25, 0.3) is 0 Å². The standard InChI is InChI=1S/C19H14F3N3/c1-13-11-15(9-10-23-13)3-6-17-12-25(14(2)24-17)18-7-4-16(5-8-18)19(20,21)22/h4-5,7-12H,1-2H3. The highest BCUT2D eigenvalue weighted by Crippen LogP contribution is 2.29. The van der Waals surface area contributed by atoms with E-state index in [9.17, 15) is 13.2 Å². The molecule has 0 N–H and O–H groups in total. The van der Waals surface area contributed by atoms with Crippen LogP contribution in [0.1, 0.15) is 28.3 Å². The third kappa shape index (κ3) is 3.89. The number of aromatic nitrogens is 3. The summed E-state index contributed by atoms with van der Waals surface area (Å²) in [5.41, 5.74) is 2.17. The maximum Gasteiger partial charge on any atom is 0.416 e. The third-order valence-electron chi connectivity index (χ3n) is 3.59. The highest BCUT2D eigenvalue weighted by atomic mass is 19.4. The summed E-state index contributed by atoms with van der Waals surface area (Å²) in [6, 6.07) is 8.62. The van der Waals surface area contributed by atoms with Crippen LogP contribution in [0.15, 0.2) is 48.8 Å². The van der Waals surface area contributed by atoms with E-state index in [4.69, 9.17) is 0 Å². The number of aryl methyl sites for hydroxylation is 2. The van der Waals surface area contributed by atoms with E-state index in [1.165, 1.54) is 12.1 Å². The molecule has 0 aliphatic carbocycles. The van der Waals surface area contributed by atoms with Gasteiger partial charge in [-0.05, 0) is 56.2 Å². The van der Waals surface area contributed by atoms with Gasteiger partial charge in [-0.1, -0.05) is 5.92 Å². The van der Waals surface area contributed by atoms with Gasteiger partial charge in [-0.25, -0.2) is 4.98 Å². The monoisotopic (exact) mass is 341 g/mol. The second-order valence-corrected chi connectivity index (χ2v) is 5.52. The van der Waals surface area contributed by atoms with E-state index in [0.717, 1.165) is 23.4 Å². The first kappa shape index (κ1) is 16.8. The number of halogens is 3. The Morgan fingerprint density at radius 2 is 1.72 bits per heavy atom. The Morgan fingerprint density at radius 3 is 2.36 bits per heavy atom. The molecule has 0 radical (unpaired) electrons. The molecule has 2 aromatic heterocycles. The van der Waals surface area contributed by atoms with Crippen molar-refractivity contribution in [3.63, 3.8) is 0 Å². The van der Waals surface area contributed by atoms with Crippen LogP contribution >= 0.6 is 0 Å². The van der Waals surface area contributed by atoms with Crippen LogP contribution < -0.4 is 0 Å². The van der Waals surface area contributed by atoms with Crippen LogP contribution in [-0.4, -0.2) is 14.5 Å². The average molecular weight is 341 g/mol. The number of pyridine rings is 1. The molecule has 25 heavy (non-hydrogen) atoms. The van der Waals surface area contributed by atoms with Crippen molar-refractivity contribution >= 4 is 0 Å². The topological polar surface area (TPSA) is 30.7 Å². The lowest BCUT2D eigenvalue weighted by Gasteiger charge is -2.08. The van der Waals surface area contributed by atoms with Crippen molar-refractivity contribution in [3.8, 4) is 17.5 Å². The van der Waals surface area contributed by atoms with E-state index in [2.05, 4.69) is 21.8 Å². The Bertz CT molecular complexity index is 958. The SMILES string of the molecule is Cc1cc(C#Cc2cn(-c3ccc(C(F)(F)F)cc3)c(C)n2)ccn1. The predicted octanol–water partition coefficient (Wildman–Crippen LogP) is 4.30. The van der Waals surface area contributed by atoms with Gasteiger partial charge in [0.05, 0.1) is 5.56 Å². The van der Waals surface area contributed by atoms with E-state index in [-0.39, 0.29) is 0 Å². The summed E-state index contributed by atoms with van der Waals surface area (Å²) in [5.74, 6) is 6.62. The molecule has 0 atom stereocenters. The Kier molecular flexibility index (Phi) is 4.32. The van der Waals surface area contributed by atoms with Crippen molar-refractivity contribution in [3.05, 3.63) is 77.1 Å². The quantitative estimate of drug-likeness (QED) is 0.618. The second kappa shape index (κ2) is 6.44. The molecule has 3 aromatic rings. The molecule has 3 rings (SSSR count). The van der Waals surface area contributed by atoms with E-state index in [1.54, 1.807) is 30.0 Å². The van der Waals surface area contributed by atoms with Crippen LogP contribution in [0.3, 0.4) is 0 Å². The molecule has 0 amide bonds. The molecule has 0 fully saturated rings. The lowest BCUT2D eigenvalue weighted by Crippen LogP contribution is -2.05. The average Bonchev–Trinajstić information content (AvgIpc) is 2.93. The third-order valence-corrected chi connectivity index (χ3v) is 3.59. The lowest BCUT2D eigenvalue weighted by atomic mass is 10.2. The number of hydrogen-bond donors (Lipinski definition) is 0. The largest absolute Gasteiger partial charge is 0.416 e. The first-order valence-corrected chi connectivity index (χ1v) is 7.51. The van der Waals surface area contributed by atoms with Crippen molar-refractivity contribution in [2.75, 3.05) is 0 Å². The number of hydrogen-bond acceptors (Lipinski definition) is 2. The zero-order valence-electron chi connectivity index (χ0n) is 13.6. The summed E-state index contributed by atoms with van der Waals surface area (Å²) in [6.07, 6.45) is -0.952. The Balaban J connectivity index is 1.88. The van der Waals surface area contributed by atoms with Gasteiger partial charge in [-0.2, -0.15) is 13.2 Å². The van der Waals surface area contributed by atoms with Gasteiger partial charge in [0.2, 0.25) is 0 Å². The van der Waals surface area contributed by atoms with Gasteiger partial charge in [0.15, 0.2) is 0 Å². The smallest absolute Gasteiger partial charge is 0.303 e. The summed E-state index contributed by atoms with van der Waals surface area (Å²) in [6.45, 7) is 3.66. The predicted molar refractivity (Wildman–Crippen MR) is 88.3 cm³/mol. The number of benzene rings is 1. The van der Waals surface area contributed by atoms with Gasteiger partial charge in [0, 0.05) is 29.3 Å². The van der Waals surface area contributed by atoms with Crippen LogP contribution in [0.4, 0.5) is 13.2 Å². The summed E-state index contributed by atoms with van der Waals surface area (Å²) < 4.78 is 39.7. The van der Waals surface area contributed by atoms with Gasteiger partial charge in [-0.15, -0.1) is 0 Å². The summed E-state index contributed by atoms with van der Waals surface area (Å²) >= 11 is 0. The van der Waals surface area contributed by atoms with Crippen molar-refractivity contribution in [2.45, 2.75) is 20.0 Å². The van der Waals surface area contributed by atoms with Gasteiger partial charge >= 0.3 is 6.18 Å². The summed E-state index contributed by atoms with van der Waals surface area (Å²) in [5, 5.41) is 0. The molecule has 0 bridgehead atoms. The Hall–Kier alpha value is -3.07. The zero-order valence-corrected chi connectivity index (χ0v) is 13.6. The van der Waals surface area contributed by atoms with Gasteiger partial charge in [-0.3, -0.25) is 4.98 Å². The van der Waals surface area contributed by atoms with E-state index in [1.807, 2.05) is 13.0 Å². The van der Waals surface area contributed by atoms with Crippen molar-refractivity contribution in [2.24, 2.45) is 0 Å². The van der Waals surface area contributed by atoms with Crippen LogP contribution in [0, 0.1) is 25.7 Å². The Labute approximate surface area is 143 Å². The van der Waals surface area contributed by atoms with Crippen molar-refractivity contribution in [1.82, 2.24) is 14.5 Å². The number of nitrogens with zero attached hydrogens (tertiary/aromatic N) is 3. The van der Waals surface area contributed by atoms with Crippen molar-refractivity contribution < 1.29 is 13.2 Å². The highest BCUT2D eigenvalue weighted by Gasteiger charge is 2.30. The molecule has 0 unspecified atom stereocenters. The molecular formula is C19H14F3N3. The summed E-state index contributed by atoms with van der Waals surface area (Å²) in [4.78, 5) is 8.46.